The van der Waals surface area contributed by atoms with Crippen molar-refractivity contribution in [3.63, 3.8) is 0 Å². The van der Waals surface area contributed by atoms with Gasteiger partial charge >= 0.3 is 0 Å². The van der Waals surface area contributed by atoms with Crippen molar-refractivity contribution in [2.45, 2.75) is 160 Å². The predicted octanol–water partition coefficient (Wildman–Crippen LogP) is -0.819. The first-order valence-corrected chi connectivity index (χ1v) is 30.3. The summed E-state index contributed by atoms with van der Waals surface area (Å²) < 4.78 is 0. The van der Waals surface area contributed by atoms with Gasteiger partial charge in [0.05, 0.1) is 12.9 Å². The number of para-hydroxylation sites is 1. The maximum atomic E-state index is 14.7. The molecule has 0 unspecified atom stereocenters. The van der Waals surface area contributed by atoms with Crippen LogP contribution in [0.4, 0.5) is 0 Å². The lowest BCUT2D eigenvalue weighted by Crippen LogP contribution is -2.61. The minimum absolute atomic E-state index is 0.0397. The molecule has 4 heterocycles. The first-order chi connectivity index (χ1) is 43.4. The lowest BCUT2D eigenvalue weighted by Gasteiger charge is -2.31. The molecule has 2 aliphatic heterocycles. The molecule has 30 nitrogen and oxygen atoms in total. The largest absolute Gasteiger partial charge is 0.508 e. The molecule has 2 saturated heterocycles. The summed E-state index contributed by atoms with van der Waals surface area (Å²) in [5.41, 5.74) is 13.3. The second-order valence-corrected chi connectivity index (χ2v) is 23.0. The maximum Gasteiger partial charge on any atom is 0.245 e. The third-order valence-electron chi connectivity index (χ3n) is 15.0. The van der Waals surface area contributed by atoms with Crippen LogP contribution in [-0.2, 0) is 72.1 Å². The first-order valence-electron chi connectivity index (χ1n) is 30.3. The minimum Gasteiger partial charge on any atom is -0.508 e. The molecule has 0 aliphatic carbocycles. The number of phenolic OH excluding ortho intramolecular Hbond substituents is 1. The quantitative estimate of drug-likeness (QED) is 0.00692. The number of nitrogens with zero attached hydrogens (tertiary/aromatic N) is 3. The van der Waals surface area contributed by atoms with Gasteiger partial charge in [0, 0.05) is 74.3 Å². The zero-order valence-electron chi connectivity index (χ0n) is 51.9. The number of aromatic hydroxyl groups is 1. The lowest BCUT2D eigenvalue weighted by molar-refractivity contribution is -0.186. The van der Waals surface area contributed by atoms with E-state index in [-0.39, 0.29) is 106 Å². The van der Waals surface area contributed by atoms with Crippen molar-refractivity contribution in [2.24, 2.45) is 28.3 Å². The molecular weight excluding hydrogens is 1180 g/mol. The van der Waals surface area contributed by atoms with E-state index >= 15 is 0 Å². The number of aromatic nitrogens is 3. The van der Waals surface area contributed by atoms with Gasteiger partial charge in [0.25, 0.3) is 0 Å². The average molecular weight is 1270 g/mol. The SMILES string of the molecule is C=COO.CCNC(=O)[C@@H]1CCCN1C(=O)[C@H](CCCN=C(N)N)NC(=O)[C@H](CC(C)C)NC(=O)[C@@H](CC(C)C)NC(=O)[C@H](Cc1ccc(O)cc1)NC(=O)[C@H](CO)NC(=O)[C@H](Cc1c[nH]c2ccccc12)NC(=O)[C@H](Cc1cnc[nH]1)NC(=O)[C@@H]1CCC(=O)N1. The summed E-state index contributed by atoms with van der Waals surface area (Å²) in [6.45, 7) is 11.8. The van der Waals surface area contributed by atoms with Crippen LogP contribution < -0.4 is 59.3 Å². The molecule has 6 rings (SSSR count). The fraction of sp³-hybridized carbons (Fsp3) is 0.508. The van der Waals surface area contributed by atoms with E-state index in [9.17, 15) is 58.2 Å². The van der Waals surface area contributed by atoms with E-state index in [0.29, 0.717) is 41.6 Å². The molecule has 496 valence electrons. The fourth-order valence-corrected chi connectivity index (χ4v) is 10.5. The number of phenols is 1. The summed E-state index contributed by atoms with van der Waals surface area (Å²) in [4.78, 5) is 158. The number of carbonyl (C=O) groups is 10. The molecule has 2 aromatic heterocycles. The Kier molecular flexibility index (Phi) is 28.7. The van der Waals surface area contributed by atoms with Crippen molar-refractivity contribution in [1.82, 2.24) is 67.7 Å². The number of hydrogen-bond donors (Lipinski definition) is 16. The van der Waals surface area contributed by atoms with E-state index in [4.69, 9.17) is 16.7 Å². The number of H-pyrrole nitrogens is 2. The number of benzene rings is 2. The van der Waals surface area contributed by atoms with Crippen molar-refractivity contribution in [3.05, 3.63) is 96.9 Å². The molecular formula is C61H88N16O14. The number of aliphatic imine (C=N–C) groups is 1. The highest BCUT2D eigenvalue weighted by atomic mass is 17.1. The number of hydrogen-bond acceptors (Lipinski definition) is 16. The Balaban J connectivity index is 0.00000365. The van der Waals surface area contributed by atoms with Gasteiger partial charge in [-0.15, -0.1) is 0 Å². The van der Waals surface area contributed by atoms with E-state index in [1.807, 2.05) is 19.9 Å². The van der Waals surface area contributed by atoms with E-state index in [1.165, 1.54) is 41.7 Å². The number of likely N-dealkylation sites (N-methyl/N-ethyl adjacent to an activating group) is 1. The van der Waals surface area contributed by atoms with E-state index in [2.05, 4.69) is 79.3 Å². The van der Waals surface area contributed by atoms with Crippen LogP contribution >= 0.6 is 0 Å². The molecule has 91 heavy (non-hydrogen) atoms. The van der Waals surface area contributed by atoms with Gasteiger partial charge < -0.3 is 89.3 Å². The van der Waals surface area contributed by atoms with Crippen LogP contribution in [0.1, 0.15) is 103 Å². The third-order valence-corrected chi connectivity index (χ3v) is 15.0. The van der Waals surface area contributed by atoms with Gasteiger partial charge in [-0.05, 0) is 93.0 Å². The third kappa shape index (κ3) is 22.8. The topological polar surface area (TPSA) is 461 Å². The van der Waals surface area contributed by atoms with Crippen LogP contribution in [0.3, 0.4) is 0 Å². The van der Waals surface area contributed by atoms with Gasteiger partial charge in [0.1, 0.15) is 66.4 Å². The molecule has 0 spiro atoms. The normalized spacial score (nSPS) is 16.6. The zero-order valence-corrected chi connectivity index (χ0v) is 51.9. The molecule has 4 aromatic rings. The second-order valence-electron chi connectivity index (χ2n) is 23.0. The van der Waals surface area contributed by atoms with Crippen LogP contribution in [0, 0.1) is 11.8 Å². The molecule has 18 N–H and O–H groups in total. The van der Waals surface area contributed by atoms with Gasteiger partial charge in [-0.1, -0.05) is 64.6 Å². The van der Waals surface area contributed by atoms with E-state index in [0.717, 1.165) is 11.8 Å². The van der Waals surface area contributed by atoms with Crippen molar-refractivity contribution >= 4 is 75.9 Å². The summed E-state index contributed by atoms with van der Waals surface area (Å²) in [5, 5.41) is 53.1. The predicted molar refractivity (Wildman–Crippen MR) is 334 cm³/mol. The number of nitrogens with one attached hydrogen (secondary N) is 11. The van der Waals surface area contributed by atoms with Gasteiger partial charge in [-0.3, -0.25) is 52.9 Å². The van der Waals surface area contributed by atoms with Gasteiger partial charge in [-0.25, -0.2) is 10.2 Å². The van der Waals surface area contributed by atoms with Gasteiger partial charge in [0.15, 0.2) is 5.96 Å². The molecule has 0 radical (unpaired) electrons. The van der Waals surface area contributed by atoms with Crippen molar-refractivity contribution in [3.8, 4) is 5.75 Å². The minimum atomic E-state index is -1.75. The highest BCUT2D eigenvalue weighted by Gasteiger charge is 2.40. The molecule has 30 heteroatoms. The second kappa shape index (κ2) is 36.2. The fourth-order valence-electron chi connectivity index (χ4n) is 10.5. The standard InChI is InChI=1S/C59H84N16O12.C2H4O2/c1-6-63-57(86)48-14-10-22-75(48)58(87)41(13-9-21-64-59(60)61)68-51(80)42(23-32(2)3)69-52(81)43(24-33(4)5)70-53(82)44(25-34-15-17-37(77)18-16-34)71-56(85)47(30-76)74-54(83)45(26-35-28-65-39-12-8-7-11-38(35)39)72-55(84)46(27-36-29-62-31-66-36)73-50(79)40-19-20-49(78)67-40;1-2-4-3/h7-8,11-12,15-18,28-29,31-33,40-48,65,76-77H,6,9-10,13-14,19-27,30H2,1-5H3,(H,62,66)(H,63,86)(H,67,78)(H,68,80)(H,69,81)(H,70,82)(H,71,85)(H,72,84)(H,73,79)(H,74,83)(H4,60,61,64);2-3H,1H2/t40-,41-,42-,43+,44-,45-,46-,47-,48-;/m0./s1. The Morgan fingerprint density at radius 3 is 1.86 bits per heavy atom. The number of aliphatic hydroxyl groups is 1. The molecule has 9 atom stereocenters. The number of aromatic amines is 2. The van der Waals surface area contributed by atoms with E-state index < -0.39 is 108 Å². The number of likely N-dealkylation sites (tertiary alicyclic amines) is 1. The average Bonchev–Trinajstić information content (AvgIpc) is 1.87. The molecule has 0 bridgehead atoms. The highest BCUT2D eigenvalue weighted by molar-refractivity contribution is 5.99. The van der Waals surface area contributed by atoms with Crippen molar-refractivity contribution < 1.29 is 68.3 Å². The molecule has 10 amide bonds. The Morgan fingerprint density at radius 2 is 1.31 bits per heavy atom. The Hall–Kier alpha value is -9.58. The number of aliphatic hydroxyl groups excluding tert-OH is 1. The monoisotopic (exact) mass is 1270 g/mol. The van der Waals surface area contributed by atoms with Crippen LogP contribution in [0.2, 0.25) is 0 Å². The van der Waals surface area contributed by atoms with Gasteiger partial charge in [-0.2, -0.15) is 0 Å². The highest BCUT2D eigenvalue weighted by Crippen LogP contribution is 2.22. The zero-order chi connectivity index (χ0) is 66.7. The summed E-state index contributed by atoms with van der Waals surface area (Å²) in [7, 11) is 0. The Bertz CT molecular complexity index is 3130. The number of fused-ring (bicyclic) bond motifs is 1. The number of rotatable bonds is 33. The van der Waals surface area contributed by atoms with Crippen LogP contribution in [-0.4, -0.2) is 181 Å². The van der Waals surface area contributed by atoms with E-state index in [1.54, 1.807) is 45.2 Å². The molecule has 2 fully saturated rings. The maximum absolute atomic E-state index is 14.7. The first kappa shape index (κ1) is 72.2. The molecule has 2 aliphatic rings. The molecule has 2 aromatic carbocycles. The summed E-state index contributed by atoms with van der Waals surface area (Å²) >= 11 is 0. The van der Waals surface area contributed by atoms with Crippen LogP contribution in [0.25, 0.3) is 10.9 Å². The smallest absolute Gasteiger partial charge is 0.245 e. The van der Waals surface area contributed by atoms with Crippen LogP contribution in [0.15, 0.2) is 85.1 Å². The number of nitrogens with two attached hydrogens (primary N) is 2. The van der Waals surface area contributed by atoms with Crippen molar-refractivity contribution in [1.29, 1.82) is 0 Å². The number of imidazole rings is 1. The van der Waals surface area contributed by atoms with Crippen molar-refractivity contribution in [2.75, 3.05) is 26.2 Å². The summed E-state index contributed by atoms with van der Waals surface area (Å²) in [6, 6.07) is 1.58. The van der Waals surface area contributed by atoms with Gasteiger partial charge in [0.2, 0.25) is 59.1 Å². The Labute approximate surface area is 527 Å². The molecule has 0 saturated carbocycles. The number of amides is 10. The summed E-state index contributed by atoms with van der Waals surface area (Å²) in [6.07, 6.45) is 6.73. The number of carbonyl (C=O) groups excluding carboxylic acids is 10. The Morgan fingerprint density at radius 1 is 0.747 bits per heavy atom. The summed E-state index contributed by atoms with van der Waals surface area (Å²) in [5.74, 6) is -7.55. The lowest BCUT2D eigenvalue weighted by atomic mass is 9.98. The van der Waals surface area contributed by atoms with Crippen LogP contribution in [0.5, 0.6) is 5.75 Å². The number of guanidine groups is 1.